The van der Waals surface area contributed by atoms with Crippen molar-refractivity contribution in [2.75, 3.05) is 27.2 Å². The number of aliphatic hydroxyl groups excluding tert-OH is 1. The van der Waals surface area contributed by atoms with E-state index in [4.69, 9.17) is 21.3 Å². The summed E-state index contributed by atoms with van der Waals surface area (Å²) in [6, 6.07) is 16.8. The van der Waals surface area contributed by atoms with Gasteiger partial charge in [-0.15, -0.1) is 12.4 Å². The summed E-state index contributed by atoms with van der Waals surface area (Å²) in [5, 5.41) is 23.0. The number of carboxylic acids is 1. The number of hydrogen-bond donors (Lipinski definition) is 3. The van der Waals surface area contributed by atoms with Crippen LogP contribution in [0.5, 0.6) is 5.75 Å². The van der Waals surface area contributed by atoms with Crippen molar-refractivity contribution in [3.63, 3.8) is 0 Å². The third kappa shape index (κ3) is 7.77. The van der Waals surface area contributed by atoms with Gasteiger partial charge in [0.15, 0.2) is 0 Å². The molecule has 0 bridgehead atoms. The minimum Gasteiger partial charge on any atom is -0.492 e. The van der Waals surface area contributed by atoms with E-state index in [1.165, 1.54) is 0 Å². The van der Waals surface area contributed by atoms with Crippen molar-refractivity contribution < 1.29 is 24.5 Å². The molecule has 0 atom stereocenters. The van der Waals surface area contributed by atoms with Crippen LogP contribution < -0.4 is 10.1 Å². The van der Waals surface area contributed by atoms with E-state index < -0.39 is 23.5 Å². The highest BCUT2D eigenvalue weighted by atomic mass is 35.5. The minimum atomic E-state index is -1.44. The highest BCUT2D eigenvalue weighted by Crippen LogP contribution is 2.37. The lowest BCUT2D eigenvalue weighted by Crippen LogP contribution is -2.57. The number of benzene rings is 2. The Morgan fingerprint density at radius 1 is 1.10 bits per heavy atom. The molecule has 1 heterocycles. The summed E-state index contributed by atoms with van der Waals surface area (Å²) >= 11 is 6.46. The molecule has 1 amide bonds. The first-order valence-corrected chi connectivity index (χ1v) is 13.9. The predicted octanol–water partition coefficient (Wildman–Crippen LogP) is 5.62. The van der Waals surface area contributed by atoms with Gasteiger partial charge in [-0.25, -0.2) is 9.78 Å². The Balaban J connectivity index is 0.00000462. The van der Waals surface area contributed by atoms with Crippen LogP contribution in [0.2, 0.25) is 5.02 Å². The highest BCUT2D eigenvalue weighted by molar-refractivity contribution is 6.32. The number of carboxylic acid groups (broad SMARTS) is 1. The predicted molar refractivity (Wildman–Crippen MR) is 163 cm³/mol. The van der Waals surface area contributed by atoms with Gasteiger partial charge < -0.3 is 25.2 Å². The van der Waals surface area contributed by atoms with Crippen LogP contribution in [0.4, 0.5) is 0 Å². The van der Waals surface area contributed by atoms with Gasteiger partial charge in [0.1, 0.15) is 17.0 Å². The van der Waals surface area contributed by atoms with Crippen LogP contribution >= 0.6 is 24.0 Å². The molecule has 1 fully saturated rings. The maximum atomic E-state index is 13.4. The van der Waals surface area contributed by atoms with Crippen molar-refractivity contribution in [2.24, 2.45) is 0 Å². The first-order chi connectivity index (χ1) is 19.1. The van der Waals surface area contributed by atoms with Crippen LogP contribution in [0.25, 0.3) is 22.4 Å². The van der Waals surface area contributed by atoms with Crippen LogP contribution in [0.3, 0.4) is 0 Å². The molecule has 10 heteroatoms. The van der Waals surface area contributed by atoms with E-state index in [1.54, 1.807) is 12.1 Å². The number of nitrogens with one attached hydrogen (secondary N) is 1. The molecule has 2 aromatic carbocycles. The fourth-order valence-corrected chi connectivity index (χ4v) is 5.16. The van der Waals surface area contributed by atoms with E-state index in [1.807, 2.05) is 63.5 Å². The zero-order valence-electron chi connectivity index (χ0n) is 23.5. The van der Waals surface area contributed by atoms with Crippen LogP contribution in [-0.2, 0) is 4.79 Å². The number of halogens is 2. The Hall–Kier alpha value is -3.17. The van der Waals surface area contributed by atoms with Crippen LogP contribution in [0, 0.1) is 6.92 Å². The lowest BCUT2D eigenvalue weighted by atomic mass is 9.80. The number of nitrogens with zero attached hydrogens (tertiary/aromatic N) is 2. The molecule has 41 heavy (non-hydrogen) atoms. The number of carbonyl (C=O) groups is 2. The van der Waals surface area contributed by atoms with E-state index in [9.17, 15) is 19.8 Å². The number of pyridine rings is 1. The summed E-state index contributed by atoms with van der Waals surface area (Å²) < 4.78 is 5.99. The first kappa shape index (κ1) is 32.3. The SMILES string of the molecule is Cc1ccccc1-c1ccc(C(=O)NC2(C(=O)O)CCC(O)CC2)nc1-c1ccc(Cl)c(OCCCN(C)C)c1.Cl. The summed E-state index contributed by atoms with van der Waals surface area (Å²) in [7, 11) is 4.01. The Morgan fingerprint density at radius 2 is 1.80 bits per heavy atom. The van der Waals surface area contributed by atoms with Gasteiger partial charge >= 0.3 is 5.97 Å². The molecule has 0 unspecified atom stereocenters. The number of rotatable bonds is 10. The number of hydrogen-bond acceptors (Lipinski definition) is 6. The number of aryl methyl sites for hydroxylation is 1. The van der Waals surface area contributed by atoms with Gasteiger partial charge in [-0.1, -0.05) is 41.9 Å². The maximum Gasteiger partial charge on any atom is 0.329 e. The second kappa shape index (κ2) is 14.1. The molecule has 1 aliphatic carbocycles. The summed E-state index contributed by atoms with van der Waals surface area (Å²) in [5.74, 6) is -1.17. The Morgan fingerprint density at radius 3 is 2.46 bits per heavy atom. The molecule has 220 valence electrons. The van der Waals surface area contributed by atoms with Crippen LogP contribution in [0.1, 0.15) is 48.2 Å². The zero-order chi connectivity index (χ0) is 28.9. The lowest BCUT2D eigenvalue weighted by Gasteiger charge is -2.35. The van der Waals surface area contributed by atoms with Gasteiger partial charge in [-0.2, -0.15) is 0 Å². The highest BCUT2D eigenvalue weighted by Gasteiger charge is 2.43. The standard InChI is InChI=1S/C31H36ClN3O5.ClH/c1-20-7-4-5-8-23(20)24-10-12-26(29(37)34-31(30(38)39)15-13-22(36)14-16-31)33-28(24)21-9-11-25(32)27(19-21)40-18-6-17-35(2)3;/h4-5,7-12,19,22,36H,6,13-18H2,1-3H3,(H,34,37)(H,38,39);1H. The summed E-state index contributed by atoms with van der Waals surface area (Å²) in [6.07, 6.45) is 1.17. The van der Waals surface area contributed by atoms with Crippen molar-refractivity contribution in [1.82, 2.24) is 15.2 Å². The van der Waals surface area contributed by atoms with E-state index in [2.05, 4.69) is 10.2 Å². The third-order valence-electron chi connectivity index (χ3n) is 7.35. The number of amides is 1. The molecular formula is C31H37Cl2N3O5. The number of aromatic nitrogens is 1. The molecule has 0 aliphatic heterocycles. The first-order valence-electron chi connectivity index (χ1n) is 13.5. The Kier molecular flexibility index (Phi) is 11.2. The molecule has 0 spiro atoms. The molecule has 3 aromatic rings. The minimum absolute atomic E-state index is 0. The molecule has 1 aromatic heterocycles. The molecule has 1 aliphatic rings. The van der Waals surface area contributed by atoms with E-state index in [-0.39, 0.29) is 30.9 Å². The van der Waals surface area contributed by atoms with Gasteiger partial charge in [0.2, 0.25) is 0 Å². The van der Waals surface area contributed by atoms with Crippen molar-refractivity contribution in [1.29, 1.82) is 0 Å². The van der Waals surface area contributed by atoms with Gasteiger partial charge in [-0.3, -0.25) is 4.79 Å². The summed E-state index contributed by atoms with van der Waals surface area (Å²) in [5.41, 5.74) is 2.76. The fraction of sp³-hybridized carbons (Fsp3) is 0.387. The third-order valence-corrected chi connectivity index (χ3v) is 7.66. The average molecular weight is 603 g/mol. The largest absolute Gasteiger partial charge is 0.492 e. The van der Waals surface area contributed by atoms with Gasteiger partial charge in [0.05, 0.1) is 23.4 Å². The van der Waals surface area contributed by atoms with Crippen molar-refractivity contribution in [3.05, 3.63) is 70.9 Å². The number of aliphatic hydroxyl groups is 1. The maximum absolute atomic E-state index is 13.4. The molecule has 3 N–H and O–H groups in total. The topological polar surface area (TPSA) is 112 Å². The van der Waals surface area contributed by atoms with Crippen LogP contribution in [-0.4, -0.2) is 70.9 Å². The number of aliphatic carboxylic acids is 1. The monoisotopic (exact) mass is 601 g/mol. The van der Waals surface area contributed by atoms with E-state index >= 15 is 0 Å². The van der Waals surface area contributed by atoms with Crippen molar-refractivity contribution in [3.8, 4) is 28.1 Å². The fourth-order valence-electron chi connectivity index (χ4n) is 4.99. The van der Waals surface area contributed by atoms with E-state index in [0.29, 0.717) is 41.5 Å². The zero-order valence-corrected chi connectivity index (χ0v) is 25.1. The van der Waals surface area contributed by atoms with E-state index in [0.717, 1.165) is 29.7 Å². The molecule has 0 radical (unpaired) electrons. The van der Waals surface area contributed by atoms with Crippen LogP contribution in [0.15, 0.2) is 54.6 Å². The van der Waals surface area contributed by atoms with Gasteiger partial charge in [-0.05, 0) is 88.5 Å². The van der Waals surface area contributed by atoms with Gasteiger partial charge in [0.25, 0.3) is 5.91 Å². The summed E-state index contributed by atoms with van der Waals surface area (Å²) in [4.78, 5) is 32.4. The second-order valence-corrected chi connectivity index (χ2v) is 11.0. The molecule has 0 saturated heterocycles. The van der Waals surface area contributed by atoms with Gasteiger partial charge in [0, 0.05) is 17.7 Å². The molecule has 8 nitrogen and oxygen atoms in total. The average Bonchev–Trinajstić information content (AvgIpc) is 2.93. The Bertz CT molecular complexity index is 1370. The smallest absolute Gasteiger partial charge is 0.329 e. The normalized spacial score (nSPS) is 18.4. The number of carbonyl (C=O) groups excluding carboxylic acids is 1. The molecule has 4 rings (SSSR count). The quantitative estimate of drug-likeness (QED) is 0.259. The summed E-state index contributed by atoms with van der Waals surface area (Å²) in [6.45, 7) is 3.38. The Labute approximate surface area is 252 Å². The molecular weight excluding hydrogens is 565 g/mol. The lowest BCUT2D eigenvalue weighted by molar-refractivity contribution is -0.146. The van der Waals surface area contributed by atoms with Crippen molar-refractivity contribution >= 4 is 35.9 Å². The number of ether oxygens (including phenoxy) is 1. The second-order valence-electron chi connectivity index (χ2n) is 10.6. The molecule has 1 saturated carbocycles. The van der Waals surface area contributed by atoms with Crippen molar-refractivity contribution in [2.45, 2.75) is 50.7 Å².